The van der Waals surface area contributed by atoms with Gasteiger partial charge in [0.1, 0.15) is 0 Å². The van der Waals surface area contributed by atoms with Gasteiger partial charge in [-0.15, -0.1) is 0 Å². The van der Waals surface area contributed by atoms with Crippen molar-refractivity contribution in [3.63, 3.8) is 0 Å². The third-order valence-corrected chi connectivity index (χ3v) is 3.07. The van der Waals surface area contributed by atoms with Crippen molar-refractivity contribution in [3.05, 3.63) is 24.3 Å². The fourth-order valence-electron chi connectivity index (χ4n) is 0.868. The van der Waals surface area contributed by atoms with E-state index < -0.39 is 5.69 Å². The summed E-state index contributed by atoms with van der Waals surface area (Å²) in [5.74, 6) is 1.40. The van der Waals surface area contributed by atoms with Crippen LogP contribution in [0.1, 0.15) is 0 Å². The first-order chi connectivity index (χ1) is 5.17. The Bertz CT molecular complexity index is 310. The molecule has 1 aliphatic rings. The van der Waals surface area contributed by atoms with Crippen LogP contribution in [0.2, 0.25) is 0 Å². The molecule has 0 unspecified atom stereocenters. The number of thiol groups is 1. The third kappa shape index (κ3) is 1.39. The normalized spacial score (nSPS) is 18.3. The molecule has 5 heteroatoms. The summed E-state index contributed by atoms with van der Waals surface area (Å²) in [6, 6.07) is 7.38. The molecule has 0 radical (unpaired) electrons. The second kappa shape index (κ2) is 2.41. The zero-order chi connectivity index (χ0) is 7.90. The second-order valence-electron chi connectivity index (χ2n) is 2.10. The second-order valence-corrected chi connectivity index (χ2v) is 7.23. The Labute approximate surface area is 74.8 Å². The van der Waals surface area contributed by atoms with Crippen LogP contribution in [0.5, 0.6) is 11.5 Å². The molecule has 1 heterocycles. The molecule has 1 aromatic rings. The van der Waals surface area contributed by atoms with Crippen LogP contribution in [-0.2, 0) is 11.8 Å². The highest BCUT2D eigenvalue weighted by Crippen LogP contribution is 2.61. The Morgan fingerprint density at radius 3 is 2.09 bits per heavy atom. The summed E-state index contributed by atoms with van der Waals surface area (Å²) in [5.41, 5.74) is -2.30. The molecule has 0 amide bonds. The molecular formula is C6H5O2PS2. The smallest absolute Gasteiger partial charge is 0.345 e. The molecule has 0 fully saturated rings. The van der Waals surface area contributed by atoms with Gasteiger partial charge in [-0.3, -0.25) is 0 Å². The predicted molar refractivity (Wildman–Crippen MR) is 51.0 cm³/mol. The van der Waals surface area contributed by atoms with Crippen LogP contribution in [0.15, 0.2) is 24.3 Å². The molecule has 58 valence electrons. The van der Waals surface area contributed by atoms with Gasteiger partial charge in [-0.1, -0.05) is 24.4 Å². The van der Waals surface area contributed by atoms with Crippen molar-refractivity contribution >= 4 is 29.7 Å². The third-order valence-electron chi connectivity index (χ3n) is 1.28. The number of hydrogen-bond acceptors (Lipinski definition) is 3. The van der Waals surface area contributed by atoms with Gasteiger partial charge in [0.2, 0.25) is 0 Å². The molecule has 2 rings (SSSR count). The number of fused-ring (bicyclic) bond motifs is 1. The maximum absolute atomic E-state index is 5.26. The first kappa shape index (κ1) is 7.47. The molecule has 0 aromatic heterocycles. The lowest BCUT2D eigenvalue weighted by Gasteiger charge is -2.03. The van der Waals surface area contributed by atoms with Gasteiger partial charge in [0.25, 0.3) is 0 Å². The van der Waals surface area contributed by atoms with Crippen LogP contribution in [0.4, 0.5) is 0 Å². The van der Waals surface area contributed by atoms with E-state index in [4.69, 9.17) is 20.9 Å². The summed E-state index contributed by atoms with van der Waals surface area (Å²) in [7, 11) is 0. The SMILES string of the molecule is S=P1(S)Oc2ccccc2O1. The maximum Gasteiger partial charge on any atom is 0.345 e. The van der Waals surface area contributed by atoms with E-state index in [0.29, 0.717) is 11.5 Å². The topological polar surface area (TPSA) is 18.5 Å². The van der Waals surface area contributed by atoms with Crippen LogP contribution in [0.25, 0.3) is 0 Å². The van der Waals surface area contributed by atoms with E-state index in [9.17, 15) is 0 Å². The Kier molecular flexibility index (Phi) is 1.63. The van der Waals surface area contributed by atoms with Gasteiger partial charge in [0, 0.05) is 0 Å². The molecule has 0 N–H and O–H groups in total. The van der Waals surface area contributed by atoms with E-state index in [0.717, 1.165) is 0 Å². The average Bonchev–Trinajstić information content (AvgIpc) is 2.21. The number of benzene rings is 1. The molecule has 0 atom stereocenters. The van der Waals surface area contributed by atoms with Gasteiger partial charge < -0.3 is 9.05 Å². The first-order valence-corrected chi connectivity index (χ1v) is 6.77. The number of rotatable bonds is 0. The lowest BCUT2D eigenvalue weighted by atomic mass is 10.3. The van der Waals surface area contributed by atoms with E-state index in [1.807, 2.05) is 24.3 Å². The van der Waals surface area contributed by atoms with Crippen molar-refractivity contribution in [2.75, 3.05) is 0 Å². The number of para-hydroxylation sites is 2. The van der Waals surface area contributed by atoms with Crippen LogP contribution < -0.4 is 9.05 Å². The van der Waals surface area contributed by atoms with Gasteiger partial charge >= 0.3 is 5.69 Å². The van der Waals surface area contributed by atoms with Crippen LogP contribution in [-0.4, -0.2) is 0 Å². The molecule has 0 saturated carbocycles. The summed E-state index contributed by atoms with van der Waals surface area (Å²) in [6.07, 6.45) is 0. The monoisotopic (exact) mass is 204 g/mol. The van der Waals surface area contributed by atoms with Gasteiger partial charge in [-0.2, -0.15) is 0 Å². The molecule has 0 saturated heterocycles. The van der Waals surface area contributed by atoms with Gasteiger partial charge in [-0.05, 0) is 23.9 Å². The average molecular weight is 204 g/mol. The van der Waals surface area contributed by atoms with E-state index in [-0.39, 0.29) is 0 Å². The maximum atomic E-state index is 5.26. The van der Waals surface area contributed by atoms with Crippen molar-refractivity contribution in [1.29, 1.82) is 0 Å². The summed E-state index contributed by atoms with van der Waals surface area (Å²) < 4.78 is 10.5. The highest BCUT2D eigenvalue weighted by molar-refractivity contribution is 8.60. The molecule has 2 nitrogen and oxygen atoms in total. The summed E-state index contributed by atoms with van der Waals surface area (Å²) in [4.78, 5) is 0. The molecular weight excluding hydrogens is 199 g/mol. The quantitative estimate of drug-likeness (QED) is 0.517. The highest BCUT2D eigenvalue weighted by atomic mass is 32.9. The fraction of sp³-hybridized carbons (Fsp3) is 0. The van der Waals surface area contributed by atoms with Crippen LogP contribution in [0, 0.1) is 0 Å². The Hall–Kier alpha value is -0.180. The van der Waals surface area contributed by atoms with E-state index in [1.165, 1.54) is 0 Å². The van der Waals surface area contributed by atoms with E-state index in [1.54, 1.807) is 0 Å². The molecule has 1 aromatic carbocycles. The van der Waals surface area contributed by atoms with Crippen LogP contribution in [0.3, 0.4) is 0 Å². The van der Waals surface area contributed by atoms with Crippen molar-refractivity contribution in [1.82, 2.24) is 0 Å². The van der Waals surface area contributed by atoms with Gasteiger partial charge in [-0.25, -0.2) is 0 Å². The minimum absolute atomic E-state index is 0.700. The standard InChI is InChI=1S/C6H5O2PS2/c10-9(11)7-5-3-1-2-4-6(5)8-9/h1-4H,(H,10,11). The zero-order valence-electron chi connectivity index (χ0n) is 5.43. The van der Waals surface area contributed by atoms with Crippen molar-refractivity contribution in [2.24, 2.45) is 0 Å². The van der Waals surface area contributed by atoms with Crippen molar-refractivity contribution < 1.29 is 9.05 Å². The minimum atomic E-state index is -2.30. The Morgan fingerprint density at radius 2 is 1.64 bits per heavy atom. The molecule has 0 spiro atoms. The zero-order valence-corrected chi connectivity index (χ0v) is 8.03. The van der Waals surface area contributed by atoms with Crippen molar-refractivity contribution in [2.45, 2.75) is 0 Å². The summed E-state index contributed by atoms with van der Waals surface area (Å²) in [5, 5.41) is 0. The van der Waals surface area contributed by atoms with Crippen LogP contribution >= 0.6 is 17.9 Å². The minimum Gasteiger partial charge on any atom is -0.424 e. The summed E-state index contributed by atoms with van der Waals surface area (Å²) in [6.45, 7) is 0. The largest absolute Gasteiger partial charge is 0.424 e. The van der Waals surface area contributed by atoms with E-state index in [2.05, 4.69) is 12.2 Å². The van der Waals surface area contributed by atoms with Gasteiger partial charge in [0.05, 0.1) is 0 Å². The van der Waals surface area contributed by atoms with Gasteiger partial charge in [0.15, 0.2) is 11.5 Å². The van der Waals surface area contributed by atoms with Crippen molar-refractivity contribution in [3.8, 4) is 11.5 Å². The summed E-state index contributed by atoms with van der Waals surface area (Å²) >= 11 is 9.02. The first-order valence-electron chi connectivity index (χ1n) is 2.98. The Balaban J connectivity index is 2.49. The fourth-order valence-corrected chi connectivity index (χ4v) is 2.71. The molecule has 11 heavy (non-hydrogen) atoms. The molecule has 1 aliphatic heterocycles. The van der Waals surface area contributed by atoms with E-state index >= 15 is 0 Å². The lowest BCUT2D eigenvalue weighted by molar-refractivity contribution is 0.594. The lowest BCUT2D eigenvalue weighted by Crippen LogP contribution is -1.79. The number of hydrogen-bond donors (Lipinski definition) is 1. The Morgan fingerprint density at radius 1 is 1.18 bits per heavy atom. The predicted octanol–water partition coefficient (Wildman–Crippen LogP) is 2.61. The highest BCUT2D eigenvalue weighted by Gasteiger charge is 2.27. The molecule has 0 bridgehead atoms. The molecule has 0 aliphatic carbocycles.